The molecule has 0 aliphatic carbocycles. The number of hydrogen-bond acceptors (Lipinski definition) is 1. The minimum atomic E-state index is 0.761. The number of halogens is 2. The van der Waals surface area contributed by atoms with Gasteiger partial charge in [-0.3, -0.25) is 0 Å². The van der Waals surface area contributed by atoms with E-state index in [-0.39, 0.29) is 0 Å². The Morgan fingerprint density at radius 1 is 1.44 bits per heavy atom. The molecule has 0 amide bonds. The van der Waals surface area contributed by atoms with Crippen LogP contribution in [-0.2, 0) is 0 Å². The highest BCUT2D eigenvalue weighted by Crippen LogP contribution is 2.20. The molecule has 1 aromatic rings. The van der Waals surface area contributed by atoms with Crippen LogP contribution in [0.5, 0.6) is 0 Å². The van der Waals surface area contributed by atoms with Crippen molar-refractivity contribution in [2.45, 2.75) is 4.90 Å². The van der Waals surface area contributed by atoms with Gasteiger partial charge < -0.3 is 0 Å². The summed E-state index contributed by atoms with van der Waals surface area (Å²) < 4.78 is 1.09. The summed E-state index contributed by atoms with van der Waals surface area (Å²) in [5.74, 6) is 0. The zero-order chi connectivity index (χ0) is 6.85. The van der Waals surface area contributed by atoms with E-state index in [1.165, 1.54) is 0 Å². The summed E-state index contributed by atoms with van der Waals surface area (Å²) in [6.07, 6.45) is 0. The van der Waals surface area contributed by atoms with Crippen molar-refractivity contribution >= 4 is 46.8 Å². The second kappa shape index (κ2) is 3.12. The monoisotopic (exact) mass is 270 g/mol. The molecule has 0 atom stereocenters. The van der Waals surface area contributed by atoms with Crippen molar-refractivity contribution in [2.24, 2.45) is 0 Å². The molecule has 0 aliphatic rings. The Hall–Kier alpha value is 0.590. The molecule has 9 heavy (non-hydrogen) atoms. The Kier molecular flexibility index (Phi) is 2.67. The van der Waals surface area contributed by atoms with Crippen LogP contribution in [-0.4, -0.2) is 0 Å². The standard InChI is InChI=1S/C6H4ClIS/c7-4-1-2-6(9)5(8)3-4/h1-3,9H. The third kappa shape index (κ3) is 2.02. The van der Waals surface area contributed by atoms with E-state index < -0.39 is 0 Å². The summed E-state index contributed by atoms with van der Waals surface area (Å²) in [6, 6.07) is 5.59. The molecule has 0 nitrogen and oxygen atoms in total. The lowest BCUT2D eigenvalue weighted by atomic mass is 10.4. The van der Waals surface area contributed by atoms with Crippen molar-refractivity contribution in [1.29, 1.82) is 0 Å². The zero-order valence-corrected chi connectivity index (χ0v) is 8.24. The van der Waals surface area contributed by atoms with E-state index in [1.54, 1.807) is 0 Å². The second-order valence-corrected chi connectivity index (χ2v) is 3.68. The van der Waals surface area contributed by atoms with Crippen molar-refractivity contribution in [3.8, 4) is 0 Å². The summed E-state index contributed by atoms with van der Waals surface area (Å²) in [6.45, 7) is 0. The van der Waals surface area contributed by atoms with Gasteiger partial charge in [0.05, 0.1) is 0 Å². The molecule has 0 aliphatic heterocycles. The van der Waals surface area contributed by atoms with Crippen LogP contribution in [0.4, 0.5) is 0 Å². The molecule has 0 heterocycles. The van der Waals surface area contributed by atoms with E-state index in [1.807, 2.05) is 18.2 Å². The van der Waals surface area contributed by atoms with Gasteiger partial charge in [0, 0.05) is 13.5 Å². The van der Waals surface area contributed by atoms with Gasteiger partial charge in [-0.05, 0) is 40.8 Å². The highest BCUT2D eigenvalue weighted by molar-refractivity contribution is 14.1. The molecule has 1 aromatic carbocycles. The summed E-state index contributed by atoms with van der Waals surface area (Å²) >= 11 is 12.0. The van der Waals surface area contributed by atoms with Gasteiger partial charge >= 0.3 is 0 Å². The van der Waals surface area contributed by atoms with Crippen molar-refractivity contribution in [3.05, 3.63) is 26.8 Å². The van der Waals surface area contributed by atoms with Crippen LogP contribution in [0, 0.1) is 3.57 Å². The fourth-order valence-corrected chi connectivity index (χ4v) is 1.49. The van der Waals surface area contributed by atoms with Crippen LogP contribution >= 0.6 is 46.8 Å². The molecule has 48 valence electrons. The lowest BCUT2D eigenvalue weighted by Crippen LogP contribution is -1.72. The molecular weight excluding hydrogens is 266 g/mol. The Bertz CT molecular complexity index is 224. The third-order valence-electron chi connectivity index (χ3n) is 0.910. The van der Waals surface area contributed by atoms with Gasteiger partial charge in [-0.25, -0.2) is 0 Å². The van der Waals surface area contributed by atoms with E-state index >= 15 is 0 Å². The fourth-order valence-electron chi connectivity index (χ4n) is 0.481. The van der Waals surface area contributed by atoms with Crippen molar-refractivity contribution in [2.75, 3.05) is 0 Å². The molecule has 0 N–H and O–H groups in total. The highest BCUT2D eigenvalue weighted by atomic mass is 127. The maximum Gasteiger partial charge on any atom is 0.0417 e. The SMILES string of the molecule is Sc1ccc(Cl)cc1I. The van der Waals surface area contributed by atoms with Gasteiger partial charge in [-0.2, -0.15) is 0 Å². The predicted molar refractivity (Wildman–Crippen MR) is 51.4 cm³/mol. The number of benzene rings is 1. The maximum atomic E-state index is 5.68. The molecule has 0 spiro atoms. The molecule has 1 rings (SSSR count). The first-order chi connectivity index (χ1) is 4.20. The quantitative estimate of drug-likeness (QED) is 0.543. The first-order valence-corrected chi connectivity index (χ1v) is 4.24. The molecule has 3 heteroatoms. The van der Waals surface area contributed by atoms with Gasteiger partial charge in [0.25, 0.3) is 0 Å². The smallest absolute Gasteiger partial charge is 0.0417 e. The van der Waals surface area contributed by atoms with E-state index in [9.17, 15) is 0 Å². The summed E-state index contributed by atoms with van der Waals surface area (Å²) in [5, 5.41) is 0.761. The summed E-state index contributed by atoms with van der Waals surface area (Å²) in [5.41, 5.74) is 0. The molecule has 0 aromatic heterocycles. The first kappa shape index (κ1) is 7.69. The van der Waals surface area contributed by atoms with Gasteiger partial charge in [0.2, 0.25) is 0 Å². The first-order valence-electron chi connectivity index (χ1n) is 2.34. The van der Waals surface area contributed by atoms with Gasteiger partial charge in [0.1, 0.15) is 0 Å². The second-order valence-electron chi connectivity index (χ2n) is 1.60. The van der Waals surface area contributed by atoms with Crippen LogP contribution < -0.4 is 0 Å². The van der Waals surface area contributed by atoms with Crippen molar-refractivity contribution in [3.63, 3.8) is 0 Å². The van der Waals surface area contributed by atoms with Crippen molar-refractivity contribution < 1.29 is 0 Å². The molecule has 0 fully saturated rings. The Balaban J connectivity index is 3.17. The summed E-state index contributed by atoms with van der Waals surface area (Å²) in [7, 11) is 0. The average Bonchev–Trinajstić information content (AvgIpc) is 1.80. The fraction of sp³-hybridized carbons (Fsp3) is 0. The number of rotatable bonds is 0. The minimum absolute atomic E-state index is 0.761. The minimum Gasteiger partial charge on any atom is -0.142 e. The lowest BCUT2D eigenvalue weighted by molar-refractivity contribution is 1.42. The van der Waals surface area contributed by atoms with Crippen molar-refractivity contribution in [1.82, 2.24) is 0 Å². The largest absolute Gasteiger partial charge is 0.142 e. The summed E-state index contributed by atoms with van der Waals surface area (Å²) in [4.78, 5) is 0.972. The molecular formula is C6H4ClIS. The van der Waals surface area contributed by atoms with Gasteiger partial charge in [0.15, 0.2) is 0 Å². The Morgan fingerprint density at radius 3 is 2.56 bits per heavy atom. The molecule has 0 saturated heterocycles. The van der Waals surface area contributed by atoms with Gasteiger partial charge in [-0.15, -0.1) is 12.6 Å². The Morgan fingerprint density at radius 2 is 2.11 bits per heavy atom. The topological polar surface area (TPSA) is 0 Å². The Labute approximate surface area is 78.2 Å². The average molecular weight is 271 g/mol. The van der Waals surface area contributed by atoms with E-state index in [0.717, 1.165) is 13.5 Å². The molecule has 0 unspecified atom stereocenters. The zero-order valence-electron chi connectivity index (χ0n) is 4.44. The van der Waals surface area contributed by atoms with E-state index in [2.05, 4.69) is 35.2 Å². The molecule has 0 bridgehead atoms. The van der Waals surface area contributed by atoms with Crippen LogP contribution in [0.25, 0.3) is 0 Å². The predicted octanol–water partition coefficient (Wildman–Crippen LogP) is 3.23. The number of thiol groups is 1. The van der Waals surface area contributed by atoms with Crippen LogP contribution in [0.1, 0.15) is 0 Å². The highest BCUT2D eigenvalue weighted by Gasteiger charge is 1.93. The molecule has 0 radical (unpaired) electrons. The van der Waals surface area contributed by atoms with Gasteiger partial charge in [-0.1, -0.05) is 11.6 Å². The lowest BCUT2D eigenvalue weighted by Gasteiger charge is -1.94. The normalized spacial score (nSPS) is 9.67. The van der Waals surface area contributed by atoms with Crippen LogP contribution in [0.3, 0.4) is 0 Å². The van der Waals surface area contributed by atoms with E-state index in [0.29, 0.717) is 0 Å². The number of hydrogen-bond donors (Lipinski definition) is 1. The maximum absolute atomic E-state index is 5.68. The van der Waals surface area contributed by atoms with E-state index in [4.69, 9.17) is 11.6 Å². The van der Waals surface area contributed by atoms with Crippen LogP contribution in [0.15, 0.2) is 23.1 Å². The third-order valence-corrected chi connectivity index (χ3v) is 2.85. The van der Waals surface area contributed by atoms with Crippen LogP contribution in [0.2, 0.25) is 5.02 Å². The molecule has 0 saturated carbocycles.